The number of rotatable bonds is 4. The minimum absolute atomic E-state index is 0.110. The Morgan fingerprint density at radius 3 is 2.43 bits per heavy atom. The molecule has 1 unspecified atom stereocenters. The van der Waals surface area contributed by atoms with Gasteiger partial charge in [-0.05, 0) is 13.0 Å². The molecular weight excluding hydrogens is 310 g/mol. The van der Waals surface area contributed by atoms with Crippen LogP contribution in [0.25, 0.3) is 0 Å². The quantitative estimate of drug-likeness (QED) is 0.847. The summed E-state index contributed by atoms with van der Waals surface area (Å²) in [6.07, 6.45) is 0. The Balaban J connectivity index is 2.11. The van der Waals surface area contributed by atoms with Crippen molar-refractivity contribution >= 4 is 21.6 Å². The zero-order chi connectivity index (χ0) is 15.5. The van der Waals surface area contributed by atoms with E-state index in [0.717, 1.165) is 5.56 Å². The van der Waals surface area contributed by atoms with Crippen molar-refractivity contribution in [3.8, 4) is 6.07 Å². The maximum Gasteiger partial charge on any atom is 0.213 e. The van der Waals surface area contributed by atoms with Crippen molar-refractivity contribution in [2.75, 3.05) is 31.9 Å². The van der Waals surface area contributed by atoms with Gasteiger partial charge in [0.05, 0.1) is 11.8 Å². The number of nitrogens with zero attached hydrogens (tertiary/aromatic N) is 3. The lowest BCUT2D eigenvalue weighted by atomic mass is 10.1. The molecule has 0 amide bonds. The highest BCUT2D eigenvalue weighted by molar-refractivity contribution is 7.89. The average molecular weight is 328 g/mol. The molecule has 0 aliphatic carbocycles. The van der Waals surface area contributed by atoms with Crippen LogP contribution in [0.1, 0.15) is 18.5 Å². The highest BCUT2D eigenvalue weighted by atomic mass is 35.5. The van der Waals surface area contributed by atoms with Crippen molar-refractivity contribution in [3.63, 3.8) is 0 Å². The van der Waals surface area contributed by atoms with E-state index in [1.165, 1.54) is 4.31 Å². The van der Waals surface area contributed by atoms with Gasteiger partial charge in [0, 0.05) is 36.8 Å². The van der Waals surface area contributed by atoms with Crippen LogP contribution < -0.4 is 0 Å². The number of nitriles is 1. The van der Waals surface area contributed by atoms with Crippen LogP contribution in [0.5, 0.6) is 0 Å². The van der Waals surface area contributed by atoms with E-state index in [9.17, 15) is 13.7 Å². The van der Waals surface area contributed by atoms with E-state index in [1.54, 1.807) is 13.0 Å². The first kappa shape index (κ1) is 16.2. The molecule has 7 heteroatoms. The van der Waals surface area contributed by atoms with Crippen LogP contribution in [0.4, 0.5) is 0 Å². The first-order valence-corrected chi connectivity index (χ1v) is 8.84. The number of hydrogen-bond acceptors (Lipinski definition) is 4. The Morgan fingerprint density at radius 1 is 1.29 bits per heavy atom. The van der Waals surface area contributed by atoms with E-state index in [1.807, 2.05) is 23.1 Å². The van der Waals surface area contributed by atoms with Gasteiger partial charge in [-0.15, -0.1) is 0 Å². The van der Waals surface area contributed by atoms with E-state index in [4.69, 9.17) is 11.6 Å². The van der Waals surface area contributed by atoms with E-state index >= 15 is 0 Å². The lowest BCUT2D eigenvalue weighted by Gasteiger charge is -2.36. The summed E-state index contributed by atoms with van der Waals surface area (Å²) in [5.74, 6) is 0.110. The monoisotopic (exact) mass is 327 g/mol. The molecule has 1 aliphatic rings. The molecule has 2 rings (SSSR count). The fraction of sp³-hybridized carbons (Fsp3) is 0.500. The molecule has 1 aromatic carbocycles. The predicted octanol–water partition coefficient (Wildman–Crippen LogP) is 1.87. The molecule has 1 saturated heterocycles. The average Bonchev–Trinajstić information content (AvgIpc) is 2.50. The highest BCUT2D eigenvalue weighted by Gasteiger charge is 2.30. The molecule has 0 aromatic heterocycles. The molecule has 0 saturated carbocycles. The molecule has 0 bridgehead atoms. The van der Waals surface area contributed by atoms with Crippen molar-refractivity contribution in [1.29, 1.82) is 5.26 Å². The standard InChI is InChI=1S/C14H18ClN3O2S/c1-2-21(19,20)18-9-7-17(8-10-18)14(11-16)12-5-3-4-6-13(12)15/h3-6,14H,2,7-10H2,1H3. The van der Waals surface area contributed by atoms with Gasteiger partial charge in [0.2, 0.25) is 10.0 Å². The molecule has 0 radical (unpaired) electrons. The molecule has 1 aliphatic heterocycles. The minimum atomic E-state index is -3.15. The second-order valence-electron chi connectivity index (χ2n) is 4.89. The summed E-state index contributed by atoms with van der Waals surface area (Å²) in [4.78, 5) is 1.98. The van der Waals surface area contributed by atoms with Gasteiger partial charge in [-0.3, -0.25) is 4.90 Å². The summed E-state index contributed by atoms with van der Waals surface area (Å²) in [7, 11) is -3.15. The van der Waals surface area contributed by atoms with E-state index in [-0.39, 0.29) is 5.75 Å². The lowest BCUT2D eigenvalue weighted by molar-refractivity contribution is 0.163. The van der Waals surface area contributed by atoms with Gasteiger partial charge in [-0.1, -0.05) is 29.8 Å². The van der Waals surface area contributed by atoms with Crippen molar-refractivity contribution in [1.82, 2.24) is 9.21 Å². The Morgan fingerprint density at radius 2 is 1.90 bits per heavy atom. The molecule has 21 heavy (non-hydrogen) atoms. The van der Waals surface area contributed by atoms with Crippen LogP contribution in [-0.4, -0.2) is 49.6 Å². The van der Waals surface area contributed by atoms with Gasteiger partial charge in [-0.25, -0.2) is 8.42 Å². The summed E-state index contributed by atoms with van der Waals surface area (Å²) in [6.45, 7) is 3.53. The lowest BCUT2D eigenvalue weighted by Crippen LogP contribution is -2.49. The molecule has 1 atom stereocenters. The molecule has 5 nitrogen and oxygen atoms in total. The van der Waals surface area contributed by atoms with E-state index in [2.05, 4.69) is 6.07 Å². The third kappa shape index (κ3) is 3.55. The van der Waals surface area contributed by atoms with Gasteiger partial charge in [0.25, 0.3) is 0 Å². The SMILES string of the molecule is CCS(=O)(=O)N1CCN(C(C#N)c2ccccc2Cl)CC1. The maximum atomic E-state index is 11.8. The second kappa shape index (κ2) is 6.75. The van der Waals surface area contributed by atoms with Crippen molar-refractivity contribution in [2.45, 2.75) is 13.0 Å². The number of piperazine rings is 1. The Labute approximate surface area is 130 Å². The Kier molecular flexibility index (Phi) is 5.22. The normalized spacial score (nSPS) is 19.1. The predicted molar refractivity (Wildman–Crippen MR) is 82.4 cm³/mol. The third-order valence-corrected chi connectivity index (χ3v) is 5.94. The van der Waals surface area contributed by atoms with Crippen molar-refractivity contribution in [3.05, 3.63) is 34.9 Å². The van der Waals surface area contributed by atoms with Crippen LogP contribution in [-0.2, 0) is 10.0 Å². The maximum absolute atomic E-state index is 11.8. The van der Waals surface area contributed by atoms with Crippen molar-refractivity contribution < 1.29 is 8.42 Å². The third-order valence-electron chi connectivity index (χ3n) is 3.72. The molecule has 1 aromatic rings. The van der Waals surface area contributed by atoms with Gasteiger partial charge >= 0.3 is 0 Å². The Hall–Kier alpha value is -1.13. The van der Waals surface area contributed by atoms with Crippen LogP contribution in [0.2, 0.25) is 5.02 Å². The zero-order valence-corrected chi connectivity index (χ0v) is 13.4. The van der Waals surface area contributed by atoms with Crippen LogP contribution >= 0.6 is 11.6 Å². The van der Waals surface area contributed by atoms with Crippen LogP contribution in [0, 0.1) is 11.3 Å². The molecule has 0 N–H and O–H groups in total. The van der Waals surface area contributed by atoms with Gasteiger partial charge in [0.15, 0.2) is 0 Å². The fourth-order valence-corrected chi connectivity index (χ4v) is 3.79. The van der Waals surface area contributed by atoms with Crippen molar-refractivity contribution in [2.24, 2.45) is 0 Å². The molecule has 1 heterocycles. The summed E-state index contributed by atoms with van der Waals surface area (Å²) in [6, 6.07) is 9.11. The van der Waals surface area contributed by atoms with E-state index in [0.29, 0.717) is 31.2 Å². The van der Waals surface area contributed by atoms with Crippen LogP contribution in [0.3, 0.4) is 0 Å². The number of sulfonamides is 1. The molecular formula is C14H18ClN3O2S. The first-order chi connectivity index (χ1) is 9.99. The molecule has 1 fully saturated rings. The van der Waals surface area contributed by atoms with Gasteiger partial charge < -0.3 is 0 Å². The zero-order valence-electron chi connectivity index (χ0n) is 11.9. The second-order valence-corrected chi connectivity index (χ2v) is 7.55. The minimum Gasteiger partial charge on any atom is -0.282 e. The summed E-state index contributed by atoms with van der Waals surface area (Å²) in [5, 5.41) is 10.0. The molecule has 114 valence electrons. The fourth-order valence-electron chi connectivity index (χ4n) is 2.47. The summed E-state index contributed by atoms with van der Waals surface area (Å²) < 4.78 is 25.2. The largest absolute Gasteiger partial charge is 0.282 e. The first-order valence-electron chi connectivity index (χ1n) is 6.85. The molecule has 0 spiro atoms. The van der Waals surface area contributed by atoms with Crippen LogP contribution in [0.15, 0.2) is 24.3 Å². The topological polar surface area (TPSA) is 64.4 Å². The smallest absolute Gasteiger partial charge is 0.213 e. The van der Waals surface area contributed by atoms with E-state index < -0.39 is 16.1 Å². The number of hydrogen-bond donors (Lipinski definition) is 0. The number of benzene rings is 1. The highest BCUT2D eigenvalue weighted by Crippen LogP contribution is 2.28. The Bertz CT molecular complexity index is 634. The summed E-state index contributed by atoms with van der Waals surface area (Å²) in [5.41, 5.74) is 0.772. The van der Waals surface area contributed by atoms with Gasteiger partial charge in [0.1, 0.15) is 6.04 Å². The summed E-state index contributed by atoms with van der Waals surface area (Å²) >= 11 is 6.16. The van der Waals surface area contributed by atoms with Gasteiger partial charge in [-0.2, -0.15) is 9.57 Å². The number of halogens is 1.